The molecule has 9 aromatic rings. The van der Waals surface area contributed by atoms with Crippen LogP contribution >= 0.6 is 0 Å². The summed E-state index contributed by atoms with van der Waals surface area (Å²) >= 11 is 0. The third-order valence-electron chi connectivity index (χ3n) is 14.5. The zero-order valence-electron chi connectivity index (χ0n) is 38.1. The van der Waals surface area contributed by atoms with Gasteiger partial charge in [0.25, 0.3) is 0 Å². The summed E-state index contributed by atoms with van der Waals surface area (Å²) < 4.78 is 0. The van der Waals surface area contributed by atoms with Crippen molar-refractivity contribution in [2.45, 2.75) is 63.7 Å². The molecule has 316 valence electrons. The number of benzene rings is 9. The van der Waals surface area contributed by atoms with Gasteiger partial charge < -0.3 is 4.90 Å². The Balaban J connectivity index is 1.18. The number of rotatable bonds is 9. The largest absolute Gasteiger partial charge is 0.310 e. The molecule has 0 saturated carbocycles. The molecule has 0 radical (unpaired) electrons. The molecule has 1 nitrogen and oxygen atoms in total. The maximum atomic E-state index is 2.51. The van der Waals surface area contributed by atoms with Crippen molar-refractivity contribution in [2.75, 3.05) is 4.90 Å². The second kappa shape index (κ2) is 15.8. The number of hydrogen-bond donors (Lipinski definition) is 0. The molecule has 65 heavy (non-hydrogen) atoms. The first-order valence-corrected chi connectivity index (χ1v) is 23.5. The van der Waals surface area contributed by atoms with Crippen LogP contribution in [0.25, 0.3) is 22.3 Å². The van der Waals surface area contributed by atoms with E-state index in [4.69, 9.17) is 0 Å². The lowest BCUT2D eigenvalue weighted by molar-refractivity contribution is 0.589. The first-order valence-electron chi connectivity index (χ1n) is 23.5. The van der Waals surface area contributed by atoms with Gasteiger partial charge in [0, 0.05) is 17.1 Å². The van der Waals surface area contributed by atoms with Crippen LogP contribution in [-0.4, -0.2) is 0 Å². The first-order chi connectivity index (χ1) is 31.8. The highest BCUT2D eigenvalue weighted by Crippen LogP contribution is 2.60. The van der Waals surface area contributed by atoms with Crippen molar-refractivity contribution < 1.29 is 0 Å². The maximum absolute atomic E-state index is 2.51. The molecule has 2 unspecified atom stereocenters. The third kappa shape index (κ3) is 6.28. The molecule has 0 fully saturated rings. The highest BCUT2D eigenvalue weighted by Gasteiger charge is 2.48. The summed E-state index contributed by atoms with van der Waals surface area (Å²) in [7, 11) is 0. The maximum Gasteiger partial charge on any atom is 0.0714 e. The molecule has 0 spiro atoms. The van der Waals surface area contributed by atoms with Gasteiger partial charge in [-0.05, 0) is 138 Å². The lowest BCUT2D eigenvalue weighted by atomic mass is 9.67. The van der Waals surface area contributed by atoms with E-state index in [0.717, 1.165) is 29.9 Å². The van der Waals surface area contributed by atoms with Gasteiger partial charge in [-0.1, -0.05) is 217 Å². The van der Waals surface area contributed by atoms with Gasteiger partial charge in [0.05, 0.1) is 10.8 Å². The number of anilines is 3. The summed E-state index contributed by atoms with van der Waals surface area (Å²) in [6.45, 7) is 11.5. The van der Waals surface area contributed by atoms with Crippen molar-refractivity contribution in [2.24, 2.45) is 0 Å². The first kappa shape index (κ1) is 40.5. The minimum Gasteiger partial charge on any atom is -0.310 e. The minimum atomic E-state index is -0.536. The van der Waals surface area contributed by atoms with Gasteiger partial charge in [-0.25, -0.2) is 0 Å². The lowest BCUT2D eigenvalue weighted by Crippen LogP contribution is -2.29. The van der Waals surface area contributed by atoms with Crippen LogP contribution in [0.3, 0.4) is 0 Å². The molecular weight excluding hydrogens is 783 g/mol. The zero-order valence-corrected chi connectivity index (χ0v) is 38.1. The molecule has 0 aliphatic heterocycles. The second-order valence-electron chi connectivity index (χ2n) is 19.0. The van der Waals surface area contributed by atoms with Crippen LogP contribution in [-0.2, 0) is 29.1 Å². The molecule has 2 aliphatic carbocycles. The Morgan fingerprint density at radius 2 is 0.738 bits per heavy atom. The smallest absolute Gasteiger partial charge is 0.0714 e. The number of para-hydroxylation sites is 1. The molecule has 0 saturated heterocycles. The Hall–Kier alpha value is -7.22. The van der Waals surface area contributed by atoms with Gasteiger partial charge in [-0.15, -0.1) is 0 Å². The predicted octanol–water partition coefficient (Wildman–Crippen LogP) is 16.3. The van der Waals surface area contributed by atoms with Gasteiger partial charge in [-0.3, -0.25) is 0 Å². The predicted molar refractivity (Wildman–Crippen MR) is 273 cm³/mol. The molecule has 0 amide bonds. The molecule has 0 heterocycles. The molecule has 2 aliphatic rings. The molecule has 0 aromatic heterocycles. The third-order valence-corrected chi connectivity index (χ3v) is 14.5. The number of aryl methyl sites for hydroxylation is 2. The summed E-state index contributed by atoms with van der Waals surface area (Å²) in [6.07, 6.45) is 1.96. The van der Waals surface area contributed by atoms with E-state index in [0.29, 0.717) is 0 Å². The van der Waals surface area contributed by atoms with E-state index in [-0.39, 0.29) is 5.41 Å². The SMILES string of the molecule is CCc1cc(CC)cc(C2(c3ccccc3)c3ccccc3-c3ccc(N(c4ccccc4)c4ccc5c(c4)C(c4ccccc4)(c4ccc(C(C)(C)C)cc4)c4ccccc4-5)cc32)c1. The van der Waals surface area contributed by atoms with Gasteiger partial charge in [0.15, 0.2) is 0 Å². The van der Waals surface area contributed by atoms with E-state index < -0.39 is 10.8 Å². The van der Waals surface area contributed by atoms with Crippen LogP contribution in [0.2, 0.25) is 0 Å². The van der Waals surface area contributed by atoms with E-state index >= 15 is 0 Å². The monoisotopic (exact) mass is 837 g/mol. The van der Waals surface area contributed by atoms with Crippen molar-refractivity contribution in [3.8, 4) is 22.3 Å². The fourth-order valence-electron chi connectivity index (χ4n) is 11.4. The van der Waals surface area contributed by atoms with E-state index in [1.165, 1.54) is 83.5 Å². The van der Waals surface area contributed by atoms with Crippen molar-refractivity contribution in [3.05, 3.63) is 280 Å². The van der Waals surface area contributed by atoms with Crippen LogP contribution in [0, 0.1) is 0 Å². The van der Waals surface area contributed by atoms with Crippen molar-refractivity contribution in [1.29, 1.82) is 0 Å². The molecule has 1 heteroatoms. The van der Waals surface area contributed by atoms with Crippen LogP contribution in [0.4, 0.5) is 17.1 Å². The van der Waals surface area contributed by atoms with Gasteiger partial charge in [0.1, 0.15) is 0 Å². The van der Waals surface area contributed by atoms with Crippen molar-refractivity contribution in [1.82, 2.24) is 0 Å². The Labute approximate surface area is 385 Å². The quantitative estimate of drug-likeness (QED) is 0.140. The fraction of sp³-hybridized carbons (Fsp3) is 0.156. The summed E-state index contributed by atoms with van der Waals surface area (Å²) in [6, 6.07) is 82.9. The van der Waals surface area contributed by atoms with Gasteiger partial charge in [-0.2, -0.15) is 0 Å². The fourth-order valence-corrected chi connectivity index (χ4v) is 11.4. The normalized spacial score (nSPS) is 16.9. The Bertz CT molecular complexity index is 3170. The minimum absolute atomic E-state index is 0.0414. The lowest BCUT2D eigenvalue weighted by Gasteiger charge is -2.36. The van der Waals surface area contributed by atoms with Gasteiger partial charge >= 0.3 is 0 Å². The van der Waals surface area contributed by atoms with E-state index in [9.17, 15) is 0 Å². The van der Waals surface area contributed by atoms with Crippen molar-refractivity contribution in [3.63, 3.8) is 0 Å². The zero-order chi connectivity index (χ0) is 44.3. The van der Waals surface area contributed by atoms with Crippen LogP contribution in [0.15, 0.2) is 218 Å². The molecule has 0 N–H and O–H groups in total. The van der Waals surface area contributed by atoms with Crippen LogP contribution in [0.5, 0.6) is 0 Å². The number of hydrogen-bond acceptors (Lipinski definition) is 1. The summed E-state index contributed by atoms with van der Waals surface area (Å²) in [4.78, 5) is 2.49. The highest BCUT2D eigenvalue weighted by molar-refractivity contribution is 5.92. The van der Waals surface area contributed by atoms with Gasteiger partial charge in [0.2, 0.25) is 0 Å². The molecule has 2 atom stereocenters. The van der Waals surface area contributed by atoms with Crippen LogP contribution in [0.1, 0.15) is 95.8 Å². The number of nitrogens with zero attached hydrogens (tertiary/aromatic N) is 1. The van der Waals surface area contributed by atoms with E-state index in [2.05, 4.69) is 258 Å². The molecule has 9 aromatic carbocycles. The molecular formula is C64H55N. The Morgan fingerprint density at radius 1 is 0.338 bits per heavy atom. The highest BCUT2D eigenvalue weighted by atomic mass is 15.1. The topological polar surface area (TPSA) is 3.24 Å². The summed E-state index contributed by atoms with van der Waals surface area (Å²) in [5.41, 5.74) is 22.0. The summed E-state index contributed by atoms with van der Waals surface area (Å²) in [5, 5.41) is 0. The standard InChI is InChI=1S/C64H55N/c1-6-44-39-45(7-2)41-50(40-44)64(48-23-13-9-14-24-48)59-30-20-18-28-55(59)57-38-36-53(43-61(57)64)65(51-25-15-10-16-26-51)52-35-37-56-54-27-17-19-29-58(54)63(60(56)42-52,47-21-11-8-12-22-47)49-33-31-46(32-34-49)62(3,4)5/h8-43H,6-7H2,1-5H3. The average Bonchev–Trinajstić information content (AvgIpc) is 3.82. The van der Waals surface area contributed by atoms with E-state index in [1.807, 2.05) is 0 Å². The Kier molecular flexibility index (Phi) is 9.85. The number of fused-ring (bicyclic) bond motifs is 6. The second-order valence-corrected chi connectivity index (χ2v) is 19.0. The molecule has 11 rings (SSSR count). The van der Waals surface area contributed by atoms with Crippen molar-refractivity contribution >= 4 is 17.1 Å². The molecule has 0 bridgehead atoms. The Morgan fingerprint density at radius 3 is 1.20 bits per heavy atom. The van der Waals surface area contributed by atoms with Crippen LogP contribution < -0.4 is 4.90 Å². The van der Waals surface area contributed by atoms with E-state index in [1.54, 1.807) is 0 Å². The summed E-state index contributed by atoms with van der Waals surface area (Å²) in [5.74, 6) is 0. The average molecular weight is 838 g/mol.